The summed E-state index contributed by atoms with van der Waals surface area (Å²) >= 11 is 0. The molecule has 1 saturated heterocycles. The number of likely N-dealkylation sites (tertiary alicyclic amines) is 1. The highest BCUT2D eigenvalue weighted by molar-refractivity contribution is 5.95. The number of nitrogens with two attached hydrogens (primary N) is 1. The molecule has 4 N–H and O–H groups in total. The maximum atomic E-state index is 11.8. The van der Waals surface area contributed by atoms with Crippen molar-refractivity contribution in [3.8, 4) is 0 Å². The van der Waals surface area contributed by atoms with Crippen LogP contribution in [-0.4, -0.2) is 46.5 Å². The molecule has 0 radical (unpaired) electrons. The molecule has 7 heteroatoms. The smallest absolute Gasteiger partial charge is 0.236 e. The van der Waals surface area contributed by atoms with Gasteiger partial charge in [0.25, 0.3) is 0 Å². The van der Waals surface area contributed by atoms with Gasteiger partial charge in [-0.15, -0.1) is 0 Å². The lowest BCUT2D eigenvalue weighted by molar-refractivity contribution is -0.129. The van der Waals surface area contributed by atoms with E-state index in [1.807, 2.05) is 11.0 Å². The third-order valence-electron chi connectivity index (χ3n) is 3.26. The molecule has 7 nitrogen and oxygen atoms in total. The number of hydrogen-bond donors (Lipinski definition) is 3. The van der Waals surface area contributed by atoms with Gasteiger partial charge in [-0.1, -0.05) is 5.16 Å². The van der Waals surface area contributed by atoms with Gasteiger partial charge in [-0.25, -0.2) is 0 Å². The van der Waals surface area contributed by atoms with Crippen molar-refractivity contribution in [2.75, 3.05) is 19.6 Å². The van der Waals surface area contributed by atoms with Gasteiger partial charge in [0, 0.05) is 25.8 Å². The lowest BCUT2D eigenvalue weighted by Crippen LogP contribution is -2.36. The van der Waals surface area contributed by atoms with Gasteiger partial charge in [-0.3, -0.25) is 9.78 Å². The van der Waals surface area contributed by atoms with Gasteiger partial charge < -0.3 is 21.2 Å². The van der Waals surface area contributed by atoms with Gasteiger partial charge in [0.05, 0.1) is 6.54 Å². The molecule has 1 amide bonds. The highest BCUT2D eigenvalue weighted by Crippen LogP contribution is 2.07. The molecule has 1 aromatic heterocycles. The van der Waals surface area contributed by atoms with Gasteiger partial charge >= 0.3 is 0 Å². The highest BCUT2D eigenvalue weighted by atomic mass is 16.4. The summed E-state index contributed by atoms with van der Waals surface area (Å²) in [5.41, 5.74) is 6.82. The third kappa shape index (κ3) is 3.67. The number of aromatic nitrogens is 1. The SMILES string of the molecule is N/C(=N/O)c1cc(CNCC(=O)N2CCCC2)ccn1. The number of oxime groups is 1. The quantitative estimate of drug-likeness (QED) is 0.301. The number of amidine groups is 1. The number of rotatable bonds is 5. The van der Waals surface area contributed by atoms with Gasteiger partial charge in [-0.05, 0) is 30.5 Å². The first-order valence-electron chi connectivity index (χ1n) is 6.62. The summed E-state index contributed by atoms with van der Waals surface area (Å²) < 4.78 is 0. The van der Waals surface area contributed by atoms with E-state index in [9.17, 15) is 4.79 Å². The van der Waals surface area contributed by atoms with Gasteiger partial charge in [-0.2, -0.15) is 0 Å². The molecule has 0 aromatic carbocycles. The first kappa shape index (κ1) is 14.3. The molecule has 1 aromatic rings. The van der Waals surface area contributed by atoms with E-state index < -0.39 is 0 Å². The highest BCUT2D eigenvalue weighted by Gasteiger charge is 2.16. The molecule has 2 heterocycles. The summed E-state index contributed by atoms with van der Waals surface area (Å²) in [7, 11) is 0. The number of amides is 1. The second-order valence-electron chi connectivity index (χ2n) is 4.73. The minimum atomic E-state index is -0.0278. The molecule has 108 valence electrons. The van der Waals surface area contributed by atoms with E-state index in [0.29, 0.717) is 18.8 Å². The van der Waals surface area contributed by atoms with Crippen LogP contribution in [0.1, 0.15) is 24.1 Å². The molecule has 1 aliphatic heterocycles. The van der Waals surface area contributed by atoms with E-state index in [0.717, 1.165) is 31.5 Å². The number of nitrogens with zero attached hydrogens (tertiary/aromatic N) is 3. The van der Waals surface area contributed by atoms with Crippen LogP contribution in [-0.2, 0) is 11.3 Å². The molecule has 20 heavy (non-hydrogen) atoms. The Kier molecular flexibility index (Phi) is 4.89. The molecule has 1 fully saturated rings. The zero-order chi connectivity index (χ0) is 14.4. The Bertz CT molecular complexity index is 497. The maximum Gasteiger partial charge on any atom is 0.236 e. The van der Waals surface area contributed by atoms with Crippen LogP contribution in [0, 0.1) is 0 Å². The fraction of sp³-hybridized carbons (Fsp3) is 0.462. The first-order valence-corrected chi connectivity index (χ1v) is 6.62. The van der Waals surface area contributed by atoms with Crippen molar-refractivity contribution in [3.05, 3.63) is 29.6 Å². The lowest BCUT2D eigenvalue weighted by atomic mass is 10.2. The Morgan fingerprint density at radius 1 is 1.50 bits per heavy atom. The van der Waals surface area contributed by atoms with Crippen molar-refractivity contribution in [1.29, 1.82) is 0 Å². The molecule has 1 aliphatic rings. The lowest BCUT2D eigenvalue weighted by Gasteiger charge is -2.15. The molecule has 0 aliphatic carbocycles. The molecular formula is C13H19N5O2. The Labute approximate surface area is 117 Å². The number of carbonyl (C=O) groups excluding carboxylic acids is 1. The van der Waals surface area contributed by atoms with Crippen LogP contribution in [0.2, 0.25) is 0 Å². The van der Waals surface area contributed by atoms with Crippen LogP contribution < -0.4 is 11.1 Å². The van der Waals surface area contributed by atoms with Crippen molar-refractivity contribution in [2.24, 2.45) is 10.9 Å². The summed E-state index contributed by atoms with van der Waals surface area (Å²) in [6, 6.07) is 3.55. The van der Waals surface area contributed by atoms with E-state index in [2.05, 4.69) is 15.5 Å². The van der Waals surface area contributed by atoms with Gasteiger partial charge in [0.15, 0.2) is 5.84 Å². The maximum absolute atomic E-state index is 11.8. The van der Waals surface area contributed by atoms with Crippen molar-refractivity contribution >= 4 is 11.7 Å². The Balaban J connectivity index is 1.83. The van der Waals surface area contributed by atoms with Crippen molar-refractivity contribution in [2.45, 2.75) is 19.4 Å². The third-order valence-corrected chi connectivity index (χ3v) is 3.26. The van der Waals surface area contributed by atoms with E-state index >= 15 is 0 Å². The Hall–Kier alpha value is -2.15. The van der Waals surface area contributed by atoms with Crippen molar-refractivity contribution < 1.29 is 10.0 Å². The molecule has 0 bridgehead atoms. The number of nitrogens with one attached hydrogen (secondary N) is 1. The summed E-state index contributed by atoms with van der Waals surface area (Å²) in [6.07, 6.45) is 3.78. The zero-order valence-electron chi connectivity index (χ0n) is 11.2. The first-order chi connectivity index (χ1) is 9.70. The minimum Gasteiger partial charge on any atom is -0.409 e. The fourth-order valence-electron chi connectivity index (χ4n) is 2.17. The van der Waals surface area contributed by atoms with Crippen molar-refractivity contribution in [1.82, 2.24) is 15.2 Å². The standard InChI is InChI=1S/C13H19N5O2/c14-13(17-20)11-7-10(3-4-16-11)8-15-9-12(19)18-5-1-2-6-18/h3-4,7,15,20H,1-2,5-6,8-9H2,(H2,14,17). The van der Waals surface area contributed by atoms with Crippen LogP contribution >= 0.6 is 0 Å². The molecule has 0 spiro atoms. The monoisotopic (exact) mass is 277 g/mol. The van der Waals surface area contributed by atoms with Crippen molar-refractivity contribution in [3.63, 3.8) is 0 Å². The Morgan fingerprint density at radius 2 is 2.25 bits per heavy atom. The number of hydrogen-bond acceptors (Lipinski definition) is 5. The van der Waals surface area contributed by atoms with Crippen LogP contribution in [0.5, 0.6) is 0 Å². The predicted octanol–water partition coefficient (Wildman–Crippen LogP) is -0.112. The summed E-state index contributed by atoms with van der Waals surface area (Å²) in [6.45, 7) is 2.59. The van der Waals surface area contributed by atoms with E-state index in [1.165, 1.54) is 0 Å². The average Bonchev–Trinajstić information content (AvgIpc) is 3.01. The largest absolute Gasteiger partial charge is 0.409 e. The fourth-order valence-corrected chi connectivity index (χ4v) is 2.17. The van der Waals surface area contributed by atoms with Crippen LogP contribution in [0.3, 0.4) is 0 Å². The zero-order valence-corrected chi connectivity index (χ0v) is 11.2. The molecule has 0 atom stereocenters. The van der Waals surface area contributed by atoms with Gasteiger partial charge in [0.1, 0.15) is 5.69 Å². The van der Waals surface area contributed by atoms with Crippen LogP contribution in [0.4, 0.5) is 0 Å². The summed E-state index contributed by atoms with van der Waals surface area (Å²) in [4.78, 5) is 17.7. The summed E-state index contributed by atoms with van der Waals surface area (Å²) in [5.74, 6) is 0.105. The van der Waals surface area contributed by atoms with E-state index in [1.54, 1.807) is 12.3 Å². The summed E-state index contributed by atoms with van der Waals surface area (Å²) in [5, 5.41) is 14.6. The molecule has 0 unspecified atom stereocenters. The Morgan fingerprint density at radius 3 is 2.95 bits per heavy atom. The van der Waals surface area contributed by atoms with E-state index in [4.69, 9.17) is 10.9 Å². The second-order valence-corrected chi connectivity index (χ2v) is 4.73. The second kappa shape index (κ2) is 6.85. The normalized spacial score (nSPS) is 15.6. The number of carbonyl (C=O) groups is 1. The predicted molar refractivity (Wildman–Crippen MR) is 74.3 cm³/mol. The average molecular weight is 277 g/mol. The number of pyridine rings is 1. The minimum absolute atomic E-state index is 0.0278. The van der Waals surface area contributed by atoms with Crippen LogP contribution in [0.25, 0.3) is 0 Å². The van der Waals surface area contributed by atoms with Gasteiger partial charge in [0.2, 0.25) is 5.91 Å². The van der Waals surface area contributed by atoms with Crippen LogP contribution in [0.15, 0.2) is 23.5 Å². The molecular weight excluding hydrogens is 258 g/mol. The van der Waals surface area contributed by atoms with E-state index in [-0.39, 0.29) is 11.7 Å². The molecule has 0 saturated carbocycles. The molecule has 2 rings (SSSR count). The topological polar surface area (TPSA) is 104 Å².